The van der Waals surface area contributed by atoms with Gasteiger partial charge in [0.05, 0.1) is 12.1 Å². The molecule has 0 radical (unpaired) electrons. The Morgan fingerprint density at radius 1 is 1.10 bits per heavy atom. The molecule has 3 rings (SSSR count). The van der Waals surface area contributed by atoms with Gasteiger partial charge in [-0.3, -0.25) is 9.78 Å². The van der Waals surface area contributed by atoms with Crippen LogP contribution in [0, 0.1) is 0 Å². The first-order valence-electron chi connectivity index (χ1n) is 9.20. The molecule has 0 unspecified atom stereocenters. The summed E-state index contributed by atoms with van der Waals surface area (Å²) in [6, 6.07) is 9.14. The lowest BCUT2D eigenvalue weighted by Crippen LogP contribution is -2.30. The summed E-state index contributed by atoms with van der Waals surface area (Å²) >= 11 is 0. The van der Waals surface area contributed by atoms with Gasteiger partial charge in [-0.1, -0.05) is 31.2 Å². The minimum Gasteiger partial charge on any atom is -0.331 e. The van der Waals surface area contributed by atoms with Gasteiger partial charge in [0, 0.05) is 44.3 Å². The second-order valence-electron chi connectivity index (χ2n) is 6.59. The van der Waals surface area contributed by atoms with Gasteiger partial charge in [-0.25, -0.2) is 4.98 Å². The molecule has 1 aromatic carbocycles. The SMILES string of the molecule is CCC(=O)N(Cc1cccnc1)Cc1nccn1Cc1ccccc1C(F)(F)F. The largest absolute Gasteiger partial charge is 0.416 e. The van der Waals surface area contributed by atoms with Crippen molar-refractivity contribution in [3.05, 3.63) is 83.7 Å². The molecule has 0 spiro atoms. The monoisotopic (exact) mass is 402 g/mol. The summed E-state index contributed by atoms with van der Waals surface area (Å²) in [6.45, 7) is 2.34. The van der Waals surface area contributed by atoms with E-state index in [1.807, 2.05) is 6.07 Å². The number of halogens is 3. The summed E-state index contributed by atoms with van der Waals surface area (Å²) in [5.74, 6) is 0.451. The normalized spacial score (nSPS) is 11.4. The van der Waals surface area contributed by atoms with Crippen molar-refractivity contribution in [2.75, 3.05) is 0 Å². The fourth-order valence-corrected chi connectivity index (χ4v) is 3.09. The van der Waals surface area contributed by atoms with E-state index in [4.69, 9.17) is 0 Å². The van der Waals surface area contributed by atoms with Gasteiger partial charge in [0.1, 0.15) is 5.82 Å². The molecule has 5 nitrogen and oxygen atoms in total. The molecule has 0 saturated heterocycles. The zero-order chi connectivity index (χ0) is 20.9. The highest BCUT2D eigenvalue weighted by molar-refractivity contribution is 5.75. The Morgan fingerprint density at radius 2 is 1.90 bits per heavy atom. The van der Waals surface area contributed by atoms with Crippen LogP contribution in [0.1, 0.15) is 35.9 Å². The van der Waals surface area contributed by atoms with E-state index in [1.54, 1.807) is 47.1 Å². The Balaban J connectivity index is 1.83. The molecule has 0 aliphatic rings. The quantitative estimate of drug-likeness (QED) is 0.593. The van der Waals surface area contributed by atoms with Crippen molar-refractivity contribution in [3.63, 3.8) is 0 Å². The summed E-state index contributed by atoms with van der Waals surface area (Å²) in [6.07, 6.45) is 2.38. The van der Waals surface area contributed by atoms with Crippen LogP contribution >= 0.6 is 0 Å². The summed E-state index contributed by atoms with van der Waals surface area (Å²) in [4.78, 5) is 22.4. The number of aromatic nitrogens is 3. The molecule has 0 saturated carbocycles. The number of rotatable bonds is 7. The molecule has 2 aromatic heterocycles. The van der Waals surface area contributed by atoms with Crippen molar-refractivity contribution in [1.82, 2.24) is 19.4 Å². The number of carbonyl (C=O) groups is 1. The molecule has 1 amide bonds. The Kier molecular flexibility index (Phi) is 6.31. The molecular weight excluding hydrogens is 381 g/mol. The maximum absolute atomic E-state index is 13.3. The number of pyridine rings is 1. The summed E-state index contributed by atoms with van der Waals surface area (Å²) in [5.41, 5.74) is 0.353. The van der Waals surface area contributed by atoms with E-state index in [9.17, 15) is 18.0 Å². The third-order valence-electron chi connectivity index (χ3n) is 4.55. The third kappa shape index (κ3) is 5.22. The number of alkyl halides is 3. The fraction of sp³-hybridized carbons (Fsp3) is 0.286. The summed E-state index contributed by atoms with van der Waals surface area (Å²) in [7, 11) is 0. The minimum absolute atomic E-state index is 0.0199. The van der Waals surface area contributed by atoms with Crippen molar-refractivity contribution in [3.8, 4) is 0 Å². The van der Waals surface area contributed by atoms with Gasteiger partial charge in [-0.15, -0.1) is 0 Å². The van der Waals surface area contributed by atoms with Gasteiger partial charge in [0.25, 0.3) is 0 Å². The van der Waals surface area contributed by atoms with E-state index < -0.39 is 11.7 Å². The van der Waals surface area contributed by atoms with Crippen molar-refractivity contribution in [1.29, 1.82) is 0 Å². The maximum Gasteiger partial charge on any atom is 0.416 e. The lowest BCUT2D eigenvalue weighted by atomic mass is 10.1. The van der Waals surface area contributed by atoms with E-state index >= 15 is 0 Å². The number of hydrogen-bond donors (Lipinski definition) is 0. The van der Waals surface area contributed by atoms with Crippen molar-refractivity contribution >= 4 is 5.91 Å². The Labute approximate surface area is 166 Å². The number of nitrogens with zero attached hydrogens (tertiary/aromatic N) is 4. The molecule has 0 aliphatic carbocycles. The average Bonchev–Trinajstić information content (AvgIpc) is 3.14. The van der Waals surface area contributed by atoms with Gasteiger partial charge in [0.15, 0.2) is 0 Å². The Morgan fingerprint density at radius 3 is 2.59 bits per heavy atom. The number of imidazole rings is 1. The predicted octanol–water partition coefficient (Wildman–Crippen LogP) is 4.28. The second-order valence-corrected chi connectivity index (χ2v) is 6.59. The predicted molar refractivity (Wildman–Crippen MR) is 102 cm³/mol. The first-order chi connectivity index (χ1) is 13.9. The smallest absolute Gasteiger partial charge is 0.331 e. The van der Waals surface area contributed by atoms with Crippen LogP contribution in [0.5, 0.6) is 0 Å². The molecule has 8 heteroatoms. The van der Waals surface area contributed by atoms with Crippen LogP contribution in [-0.4, -0.2) is 25.3 Å². The molecule has 152 valence electrons. The molecule has 0 atom stereocenters. The van der Waals surface area contributed by atoms with Crippen LogP contribution < -0.4 is 0 Å². The van der Waals surface area contributed by atoms with Gasteiger partial charge in [-0.2, -0.15) is 13.2 Å². The van der Waals surface area contributed by atoms with Crippen LogP contribution in [0.2, 0.25) is 0 Å². The second kappa shape index (κ2) is 8.89. The van der Waals surface area contributed by atoms with Gasteiger partial charge < -0.3 is 9.47 Å². The van der Waals surface area contributed by atoms with Gasteiger partial charge >= 0.3 is 6.18 Å². The lowest BCUT2D eigenvalue weighted by Gasteiger charge is -2.23. The third-order valence-corrected chi connectivity index (χ3v) is 4.55. The summed E-state index contributed by atoms with van der Waals surface area (Å²) < 4.78 is 41.5. The molecule has 0 aliphatic heterocycles. The number of benzene rings is 1. The molecule has 29 heavy (non-hydrogen) atoms. The highest BCUT2D eigenvalue weighted by Crippen LogP contribution is 2.32. The molecule has 0 N–H and O–H groups in total. The van der Waals surface area contributed by atoms with Crippen LogP contribution in [0.15, 0.2) is 61.2 Å². The topological polar surface area (TPSA) is 51.0 Å². The molecular formula is C21H21F3N4O. The average molecular weight is 402 g/mol. The molecule has 0 fully saturated rings. The molecule has 2 heterocycles. The van der Waals surface area contributed by atoms with E-state index in [-0.39, 0.29) is 24.6 Å². The summed E-state index contributed by atoms with van der Waals surface area (Å²) in [5, 5.41) is 0. The lowest BCUT2D eigenvalue weighted by molar-refractivity contribution is -0.138. The van der Waals surface area contributed by atoms with Crippen LogP contribution in [0.25, 0.3) is 0 Å². The standard InChI is InChI=1S/C21H21F3N4O/c1-2-20(29)28(13-16-6-5-9-25-12-16)15-19-26-10-11-27(19)14-17-7-3-4-8-18(17)21(22,23)24/h3-12H,2,13-15H2,1H3. The van der Waals surface area contributed by atoms with Crippen molar-refractivity contribution in [2.45, 2.75) is 39.2 Å². The number of carbonyl (C=O) groups excluding carboxylic acids is 1. The first-order valence-corrected chi connectivity index (χ1v) is 9.20. The fourth-order valence-electron chi connectivity index (χ4n) is 3.09. The van der Waals surface area contributed by atoms with Crippen LogP contribution in [0.4, 0.5) is 13.2 Å². The van der Waals surface area contributed by atoms with Crippen molar-refractivity contribution in [2.24, 2.45) is 0 Å². The Bertz CT molecular complexity index is 954. The zero-order valence-electron chi connectivity index (χ0n) is 15.9. The van der Waals surface area contributed by atoms with Gasteiger partial charge in [0.2, 0.25) is 5.91 Å². The molecule has 3 aromatic rings. The highest BCUT2D eigenvalue weighted by atomic mass is 19.4. The van der Waals surface area contributed by atoms with E-state index in [1.165, 1.54) is 18.3 Å². The van der Waals surface area contributed by atoms with Gasteiger partial charge in [-0.05, 0) is 23.3 Å². The number of amides is 1. The van der Waals surface area contributed by atoms with E-state index in [2.05, 4.69) is 9.97 Å². The molecule has 0 bridgehead atoms. The first kappa shape index (κ1) is 20.6. The van der Waals surface area contributed by atoms with E-state index in [0.29, 0.717) is 18.8 Å². The zero-order valence-corrected chi connectivity index (χ0v) is 15.9. The van der Waals surface area contributed by atoms with Crippen molar-refractivity contribution < 1.29 is 18.0 Å². The number of hydrogen-bond acceptors (Lipinski definition) is 3. The minimum atomic E-state index is -4.43. The Hall–Kier alpha value is -3.16. The highest BCUT2D eigenvalue weighted by Gasteiger charge is 2.33. The maximum atomic E-state index is 13.3. The van der Waals surface area contributed by atoms with Crippen LogP contribution in [-0.2, 0) is 30.6 Å². The van der Waals surface area contributed by atoms with Crippen LogP contribution in [0.3, 0.4) is 0 Å². The van der Waals surface area contributed by atoms with E-state index in [0.717, 1.165) is 11.6 Å².